The van der Waals surface area contributed by atoms with Crippen molar-refractivity contribution >= 4 is 56.1 Å². The molecule has 0 aliphatic heterocycles. The number of hydrogen-bond acceptors (Lipinski definition) is 3. The lowest BCUT2D eigenvalue weighted by Crippen LogP contribution is -2.10. The molecule has 0 fully saturated rings. The van der Waals surface area contributed by atoms with Gasteiger partial charge < -0.3 is 14.2 Å². The normalized spacial score (nSPS) is 11.2. The lowest BCUT2D eigenvalue weighted by atomic mass is 9.97. The Hall–Kier alpha value is -7.62. The summed E-state index contributed by atoms with van der Waals surface area (Å²) >= 11 is 0. The molecule has 0 spiro atoms. The smallest absolute Gasteiger partial charge is 0.159 e. The number of rotatable bonds is 9. The predicted octanol–water partition coefficient (Wildman–Crippen LogP) is 15.5. The summed E-state index contributed by atoms with van der Waals surface area (Å²) in [6.45, 7) is 0. The van der Waals surface area contributed by atoms with Gasteiger partial charge in [-0.25, -0.2) is 0 Å². The van der Waals surface area contributed by atoms with Crippen molar-refractivity contribution in [1.82, 2.24) is 0 Å². The van der Waals surface area contributed by atoms with Crippen LogP contribution in [-0.2, 0) is 0 Å². The van der Waals surface area contributed by atoms with Gasteiger partial charge in [0.15, 0.2) is 5.58 Å². The molecule has 57 heavy (non-hydrogen) atoms. The predicted molar refractivity (Wildman–Crippen MR) is 239 cm³/mol. The molecule has 9 aromatic carbocycles. The van der Waals surface area contributed by atoms with E-state index >= 15 is 0 Å². The van der Waals surface area contributed by atoms with Crippen molar-refractivity contribution in [1.29, 1.82) is 0 Å². The monoisotopic (exact) mass is 730 g/mol. The summed E-state index contributed by atoms with van der Waals surface area (Å²) < 4.78 is 6.92. The standard InChI is InChI=1S/C54H38N2O/c1-6-17-39(18-7-1)42-29-31-47(32-30-42)56(49-36-43(40-19-8-2-9-20-40)35-44(37-49)41-21-10-3-11-22-41)52-28-16-27-50-51-38-48(33-34-53(51)57-54(50)52)55(45-23-12-4-13-24-45)46-25-14-5-15-26-46/h1-38H. The Morgan fingerprint density at radius 3 is 1.26 bits per heavy atom. The summed E-state index contributed by atoms with van der Waals surface area (Å²) in [7, 11) is 0. The van der Waals surface area contributed by atoms with Gasteiger partial charge in [0.25, 0.3) is 0 Å². The Morgan fingerprint density at radius 1 is 0.263 bits per heavy atom. The number of fused-ring (bicyclic) bond motifs is 3. The number of furan rings is 1. The fourth-order valence-corrected chi connectivity index (χ4v) is 7.88. The van der Waals surface area contributed by atoms with E-state index in [1.165, 1.54) is 5.56 Å². The van der Waals surface area contributed by atoms with Gasteiger partial charge in [-0.15, -0.1) is 0 Å². The highest BCUT2D eigenvalue weighted by atomic mass is 16.3. The van der Waals surface area contributed by atoms with E-state index in [1.807, 2.05) is 0 Å². The molecule has 0 saturated heterocycles. The maximum Gasteiger partial charge on any atom is 0.159 e. The first-order chi connectivity index (χ1) is 28.3. The Bertz CT molecular complexity index is 2830. The molecule has 0 radical (unpaired) electrons. The van der Waals surface area contributed by atoms with Crippen LogP contribution in [0.4, 0.5) is 34.1 Å². The van der Waals surface area contributed by atoms with E-state index in [-0.39, 0.29) is 0 Å². The average Bonchev–Trinajstić information content (AvgIpc) is 3.67. The van der Waals surface area contributed by atoms with Crippen molar-refractivity contribution in [2.45, 2.75) is 0 Å². The molecule has 1 aromatic heterocycles. The summed E-state index contributed by atoms with van der Waals surface area (Å²) in [6, 6.07) is 81.6. The van der Waals surface area contributed by atoms with Crippen molar-refractivity contribution in [2.24, 2.45) is 0 Å². The molecule has 0 aliphatic rings. The minimum atomic E-state index is 0.828. The van der Waals surface area contributed by atoms with Gasteiger partial charge in [0.2, 0.25) is 0 Å². The molecule has 0 aliphatic carbocycles. The summed E-state index contributed by atoms with van der Waals surface area (Å²) in [4.78, 5) is 4.64. The van der Waals surface area contributed by atoms with Crippen LogP contribution in [0.25, 0.3) is 55.3 Å². The molecule has 3 nitrogen and oxygen atoms in total. The van der Waals surface area contributed by atoms with Crippen molar-refractivity contribution in [3.05, 3.63) is 231 Å². The van der Waals surface area contributed by atoms with Crippen LogP contribution in [0.1, 0.15) is 0 Å². The molecule has 1 heterocycles. The number of anilines is 6. The van der Waals surface area contributed by atoms with Crippen LogP contribution >= 0.6 is 0 Å². The van der Waals surface area contributed by atoms with Crippen molar-refractivity contribution < 1.29 is 4.42 Å². The first kappa shape index (κ1) is 33.9. The largest absolute Gasteiger partial charge is 0.454 e. The van der Waals surface area contributed by atoms with Gasteiger partial charge in [-0.2, -0.15) is 0 Å². The molecule has 270 valence electrons. The van der Waals surface area contributed by atoms with Gasteiger partial charge in [-0.1, -0.05) is 152 Å². The van der Waals surface area contributed by atoms with Gasteiger partial charge in [0.05, 0.1) is 5.69 Å². The fraction of sp³-hybridized carbons (Fsp3) is 0. The summed E-state index contributed by atoms with van der Waals surface area (Å²) in [5, 5.41) is 2.11. The molecular formula is C54H38N2O. The second-order valence-electron chi connectivity index (χ2n) is 14.2. The topological polar surface area (TPSA) is 19.6 Å². The zero-order valence-electron chi connectivity index (χ0n) is 31.2. The second-order valence-corrected chi connectivity index (χ2v) is 14.2. The van der Waals surface area contributed by atoms with Crippen molar-refractivity contribution in [2.75, 3.05) is 9.80 Å². The van der Waals surface area contributed by atoms with Gasteiger partial charge in [-0.3, -0.25) is 0 Å². The Kier molecular flexibility index (Phi) is 8.86. The summed E-state index contributed by atoms with van der Waals surface area (Å²) in [5.74, 6) is 0. The fourth-order valence-electron chi connectivity index (χ4n) is 7.88. The minimum Gasteiger partial charge on any atom is -0.454 e. The molecule has 10 aromatic rings. The van der Waals surface area contributed by atoms with E-state index in [1.54, 1.807) is 0 Å². The highest BCUT2D eigenvalue weighted by Gasteiger charge is 2.22. The van der Waals surface area contributed by atoms with Gasteiger partial charge in [0.1, 0.15) is 5.58 Å². The van der Waals surface area contributed by atoms with Crippen molar-refractivity contribution in [3.8, 4) is 33.4 Å². The SMILES string of the molecule is c1ccc(-c2ccc(N(c3cc(-c4ccccc4)cc(-c4ccccc4)c3)c3cccc4c3oc3ccc(N(c5ccccc5)c5ccccc5)cc34)cc2)cc1. The zero-order valence-corrected chi connectivity index (χ0v) is 31.2. The molecular weight excluding hydrogens is 693 g/mol. The highest BCUT2D eigenvalue weighted by molar-refractivity contribution is 6.11. The van der Waals surface area contributed by atoms with Crippen LogP contribution in [-0.4, -0.2) is 0 Å². The van der Waals surface area contributed by atoms with E-state index in [2.05, 4.69) is 240 Å². The van der Waals surface area contributed by atoms with E-state index in [4.69, 9.17) is 4.42 Å². The third-order valence-corrected chi connectivity index (χ3v) is 10.6. The third kappa shape index (κ3) is 6.62. The van der Waals surface area contributed by atoms with E-state index < -0.39 is 0 Å². The van der Waals surface area contributed by atoms with Crippen LogP contribution in [0.3, 0.4) is 0 Å². The molecule has 3 heteroatoms. The van der Waals surface area contributed by atoms with Crippen LogP contribution < -0.4 is 9.80 Å². The van der Waals surface area contributed by atoms with E-state index in [0.717, 1.165) is 83.9 Å². The first-order valence-electron chi connectivity index (χ1n) is 19.3. The van der Waals surface area contributed by atoms with E-state index in [9.17, 15) is 0 Å². The Labute approximate surface area is 333 Å². The van der Waals surface area contributed by atoms with Crippen LogP contribution in [0.2, 0.25) is 0 Å². The maximum atomic E-state index is 6.92. The van der Waals surface area contributed by atoms with E-state index in [0.29, 0.717) is 0 Å². The molecule has 0 saturated carbocycles. The number of nitrogens with zero attached hydrogens (tertiary/aromatic N) is 2. The second kappa shape index (κ2) is 14.9. The molecule has 0 amide bonds. The molecule has 10 rings (SSSR count). The number of benzene rings is 9. The Balaban J connectivity index is 1.18. The number of para-hydroxylation sites is 3. The van der Waals surface area contributed by atoms with Crippen LogP contribution in [0.15, 0.2) is 235 Å². The lowest BCUT2D eigenvalue weighted by Gasteiger charge is -2.27. The quantitative estimate of drug-likeness (QED) is 0.147. The molecule has 0 bridgehead atoms. The number of hydrogen-bond donors (Lipinski definition) is 0. The average molecular weight is 731 g/mol. The van der Waals surface area contributed by atoms with Gasteiger partial charge in [0, 0.05) is 39.2 Å². The summed E-state index contributed by atoms with van der Waals surface area (Å²) in [6.07, 6.45) is 0. The Morgan fingerprint density at radius 2 is 0.719 bits per heavy atom. The first-order valence-corrected chi connectivity index (χ1v) is 19.3. The maximum absolute atomic E-state index is 6.92. The highest BCUT2D eigenvalue weighted by Crippen LogP contribution is 2.46. The van der Waals surface area contributed by atoms with Crippen LogP contribution in [0, 0.1) is 0 Å². The third-order valence-electron chi connectivity index (χ3n) is 10.6. The molecule has 0 atom stereocenters. The van der Waals surface area contributed by atoms with Crippen LogP contribution in [0.5, 0.6) is 0 Å². The minimum absolute atomic E-state index is 0.828. The zero-order chi connectivity index (χ0) is 38.0. The molecule has 0 N–H and O–H groups in total. The van der Waals surface area contributed by atoms with Gasteiger partial charge >= 0.3 is 0 Å². The summed E-state index contributed by atoms with van der Waals surface area (Å²) in [5.41, 5.74) is 14.9. The van der Waals surface area contributed by atoms with Gasteiger partial charge in [-0.05, 0) is 112 Å². The molecule has 0 unspecified atom stereocenters. The lowest BCUT2D eigenvalue weighted by molar-refractivity contribution is 0.669. The van der Waals surface area contributed by atoms with Crippen molar-refractivity contribution in [3.63, 3.8) is 0 Å².